The molecule has 3 rings (SSSR count). The van der Waals surface area contributed by atoms with E-state index in [4.69, 9.17) is 9.47 Å². The average Bonchev–Trinajstić information content (AvgIpc) is 2.98. The second kappa shape index (κ2) is 4.80. The zero-order chi connectivity index (χ0) is 13.7. The van der Waals surface area contributed by atoms with Gasteiger partial charge in [0, 0.05) is 16.9 Å². The Bertz CT molecular complexity index is 355. The van der Waals surface area contributed by atoms with E-state index in [0.29, 0.717) is 6.61 Å². The van der Waals surface area contributed by atoms with Crippen LogP contribution in [0.2, 0.25) is 0 Å². The van der Waals surface area contributed by atoms with Crippen LogP contribution < -0.4 is 0 Å². The molecule has 3 fully saturated rings. The number of hydrogen-bond donors (Lipinski definition) is 1. The fourth-order valence-corrected chi connectivity index (χ4v) is 7.52. The molecule has 3 atom stereocenters. The summed E-state index contributed by atoms with van der Waals surface area (Å²) in [6.07, 6.45) is 2.85. The highest BCUT2D eigenvalue weighted by atomic mass is 32.2. The quantitative estimate of drug-likeness (QED) is 0.849. The van der Waals surface area contributed by atoms with Crippen LogP contribution in [0.4, 0.5) is 0 Å². The van der Waals surface area contributed by atoms with Crippen LogP contribution >= 0.6 is 23.5 Å². The van der Waals surface area contributed by atoms with E-state index in [1.54, 1.807) is 0 Å². The van der Waals surface area contributed by atoms with Gasteiger partial charge in [-0.1, -0.05) is 6.92 Å². The lowest BCUT2D eigenvalue weighted by Gasteiger charge is -2.42. The molecule has 1 N–H and O–H groups in total. The van der Waals surface area contributed by atoms with Crippen LogP contribution in [0.3, 0.4) is 0 Å². The summed E-state index contributed by atoms with van der Waals surface area (Å²) in [5.74, 6) is 1.95. The summed E-state index contributed by atoms with van der Waals surface area (Å²) >= 11 is 4.11. The Morgan fingerprint density at radius 3 is 2.47 bits per heavy atom. The lowest BCUT2D eigenvalue weighted by atomic mass is 9.80. The molecule has 1 aliphatic carbocycles. The predicted molar refractivity (Wildman–Crippen MR) is 80.5 cm³/mol. The summed E-state index contributed by atoms with van der Waals surface area (Å²) in [4.78, 5) is 0. The molecule has 2 heterocycles. The fourth-order valence-electron chi connectivity index (χ4n) is 3.74. The molecule has 0 aromatic rings. The molecule has 0 radical (unpaired) electrons. The van der Waals surface area contributed by atoms with E-state index in [-0.39, 0.29) is 21.7 Å². The minimum absolute atomic E-state index is 0.0622. The number of rotatable bonds is 2. The summed E-state index contributed by atoms with van der Waals surface area (Å²) in [7, 11) is 0. The van der Waals surface area contributed by atoms with Crippen LogP contribution in [-0.4, -0.2) is 45.3 Å². The molecule has 5 heteroatoms. The third kappa shape index (κ3) is 2.35. The zero-order valence-electron chi connectivity index (χ0n) is 12.0. The van der Waals surface area contributed by atoms with Crippen LogP contribution in [0.5, 0.6) is 0 Å². The highest BCUT2D eigenvalue weighted by molar-refractivity contribution is 8.21. The maximum absolute atomic E-state index is 10.5. The largest absolute Gasteiger partial charge is 0.392 e. The smallest absolute Gasteiger partial charge is 0.163 e. The van der Waals surface area contributed by atoms with E-state index in [1.165, 1.54) is 11.5 Å². The molecule has 0 aromatic heterocycles. The van der Waals surface area contributed by atoms with Crippen molar-refractivity contribution in [2.75, 3.05) is 18.1 Å². The van der Waals surface area contributed by atoms with Gasteiger partial charge in [0.2, 0.25) is 0 Å². The number of hydrogen-bond acceptors (Lipinski definition) is 5. The van der Waals surface area contributed by atoms with Crippen molar-refractivity contribution < 1.29 is 14.6 Å². The molecule has 110 valence electrons. The van der Waals surface area contributed by atoms with Crippen molar-refractivity contribution in [3.05, 3.63) is 0 Å². The van der Waals surface area contributed by atoms with Gasteiger partial charge >= 0.3 is 0 Å². The monoisotopic (exact) mass is 304 g/mol. The van der Waals surface area contributed by atoms with Crippen LogP contribution in [-0.2, 0) is 9.47 Å². The van der Waals surface area contributed by atoms with Crippen molar-refractivity contribution in [1.82, 2.24) is 0 Å². The van der Waals surface area contributed by atoms with E-state index >= 15 is 0 Å². The Hall–Kier alpha value is 0.580. The Labute approximate surface area is 124 Å². The summed E-state index contributed by atoms with van der Waals surface area (Å²) in [5.41, 5.74) is -0.0622. The molecule has 2 aliphatic heterocycles. The van der Waals surface area contributed by atoms with Gasteiger partial charge in [-0.05, 0) is 33.1 Å². The van der Waals surface area contributed by atoms with Gasteiger partial charge in [0.25, 0.3) is 0 Å². The third-order valence-corrected chi connectivity index (χ3v) is 8.88. The Morgan fingerprint density at radius 1 is 1.21 bits per heavy atom. The number of ether oxygens (including phenoxy) is 2. The summed E-state index contributed by atoms with van der Waals surface area (Å²) in [6, 6.07) is 0. The molecule has 19 heavy (non-hydrogen) atoms. The highest BCUT2D eigenvalue weighted by Crippen LogP contribution is 2.65. The molecule has 0 bridgehead atoms. The molecule has 2 saturated heterocycles. The van der Waals surface area contributed by atoms with Gasteiger partial charge in [0.1, 0.15) is 0 Å². The summed E-state index contributed by atoms with van der Waals surface area (Å²) < 4.78 is 11.8. The molecule has 1 saturated carbocycles. The van der Waals surface area contributed by atoms with Crippen LogP contribution in [0.15, 0.2) is 0 Å². The number of thioether (sulfide) groups is 2. The first-order valence-electron chi connectivity index (χ1n) is 7.15. The van der Waals surface area contributed by atoms with Crippen LogP contribution in [0.25, 0.3) is 0 Å². The lowest BCUT2D eigenvalue weighted by molar-refractivity contribution is -0.143. The first-order chi connectivity index (χ1) is 8.87. The van der Waals surface area contributed by atoms with Crippen molar-refractivity contribution in [3.63, 3.8) is 0 Å². The fraction of sp³-hybridized carbons (Fsp3) is 1.00. The minimum Gasteiger partial charge on any atom is -0.392 e. The second-order valence-corrected chi connectivity index (χ2v) is 9.62. The molecule has 3 nitrogen and oxygen atoms in total. The number of aliphatic hydroxyl groups excluding tert-OH is 1. The van der Waals surface area contributed by atoms with Crippen LogP contribution in [0.1, 0.15) is 40.0 Å². The van der Waals surface area contributed by atoms with Gasteiger partial charge in [0.15, 0.2) is 5.79 Å². The van der Waals surface area contributed by atoms with Crippen molar-refractivity contribution in [3.8, 4) is 0 Å². The van der Waals surface area contributed by atoms with Gasteiger partial charge in [-0.25, -0.2) is 0 Å². The van der Waals surface area contributed by atoms with Crippen LogP contribution in [0, 0.1) is 5.41 Å². The minimum atomic E-state index is -0.465. The molecule has 3 aliphatic rings. The van der Waals surface area contributed by atoms with Crippen molar-refractivity contribution in [2.24, 2.45) is 5.41 Å². The van der Waals surface area contributed by atoms with Crippen molar-refractivity contribution in [1.29, 1.82) is 0 Å². The van der Waals surface area contributed by atoms with E-state index in [0.717, 1.165) is 19.3 Å². The van der Waals surface area contributed by atoms with Gasteiger partial charge in [-0.2, -0.15) is 0 Å². The molecule has 0 aromatic carbocycles. The summed E-state index contributed by atoms with van der Waals surface area (Å²) in [5, 5.41) is 10.5. The van der Waals surface area contributed by atoms with E-state index in [9.17, 15) is 5.11 Å². The Balaban J connectivity index is 1.77. The second-order valence-electron chi connectivity index (χ2n) is 6.58. The van der Waals surface area contributed by atoms with Crippen molar-refractivity contribution in [2.45, 2.75) is 62.1 Å². The molecular weight excluding hydrogens is 280 g/mol. The maximum atomic E-state index is 10.5. The standard InChI is InChI=1S/C14H24O3S2/c1-12(2)16-9-10(17-12)8-13(3)11(15)4-5-14(13)18-6-7-19-14/h10-11,15H,4-9H2,1-3H3/t10-,11+,13+/m1/s1. The summed E-state index contributed by atoms with van der Waals surface area (Å²) in [6.45, 7) is 6.84. The van der Waals surface area contributed by atoms with Crippen molar-refractivity contribution >= 4 is 23.5 Å². The topological polar surface area (TPSA) is 38.7 Å². The normalized spacial score (nSPS) is 44.2. The number of aliphatic hydroxyl groups is 1. The van der Waals surface area contributed by atoms with Gasteiger partial charge in [-0.3, -0.25) is 0 Å². The van der Waals surface area contributed by atoms with Gasteiger partial charge < -0.3 is 14.6 Å². The SMILES string of the molecule is CC1(C)OC[C@@H](C[C@@]2(C)[C@@H](O)CCC23SCCS3)O1. The first kappa shape index (κ1) is 14.5. The molecular formula is C14H24O3S2. The lowest BCUT2D eigenvalue weighted by Crippen LogP contribution is -2.44. The molecule has 0 amide bonds. The average molecular weight is 304 g/mol. The Kier molecular flexibility index (Phi) is 3.67. The van der Waals surface area contributed by atoms with E-state index in [1.807, 2.05) is 13.8 Å². The predicted octanol–water partition coefficient (Wildman–Crippen LogP) is 2.87. The first-order valence-corrected chi connectivity index (χ1v) is 9.12. The Morgan fingerprint density at radius 2 is 1.89 bits per heavy atom. The maximum Gasteiger partial charge on any atom is 0.163 e. The highest BCUT2D eigenvalue weighted by Gasteiger charge is 2.60. The van der Waals surface area contributed by atoms with E-state index in [2.05, 4.69) is 30.4 Å². The third-order valence-electron chi connectivity index (χ3n) is 4.83. The van der Waals surface area contributed by atoms with E-state index < -0.39 is 5.79 Å². The van der Waals surface area contributed by atoms with Gasteiger partial charge in [-0.15, -0.1) is 23.5 Å². The van der Waals surface area contributed by atoms with Gasteiger partial charge in [0.05, 0.1) is 22.9 Å². The molecule has 1 spiro atoms. The zero-order valence-corrected chi connectivity index (χ0v) is 13.6. The molecule has 0 unspecified atom stereocenters.